The van der Waals surface area contributed by atoms with Gasteiger partial charge in [-0.3, -0.25) is 0 Å². The predicted octanol–water partition coefficient (Wildman–Crippen LogP) is 4.76. The molecule has 0 aromatic heterocycles. The molecule has 2 aromatic rings. The standard InChI is InChI=1S/C15H15BrO2S/c1-17-12-7-8-13(16)11(9-12)10-19-15-6-4-3-5-14(15)18-2/h3-9H,10H2,1-2H3. The van der Waals surface area contributed by atoms with E-state index in [1.165, 1.54) is 5.56 Å². The highest BCUT2D eigenvalue weighted by Gasteiger charge is 2.06. The molecule has 0 aliphatic rings. The Morgan fingerprint density at radius 2 is 1.84 bits per heavy atom. The van der Waals surface area contributed by atoms with Gasteiger partial charge in [0.2, 0.25) is 0 Å². The average molecular weight is 339 g/mol. The highest BCUT2D eigenvalue weighted by atomic mass is 79.9. The van der Waals surface area contributed by atoms with Gasteiger partial charge in [-0.05, 0) is 35.9 Å². The van der Waals surface area contributed by atoms with E-state index in [2.05, 4.69) is 22.0 Å². The minimum atomic E-state index is 0.859. The number of ether oxygens (including phenoxy) is 2. The van der Waals surface area contributed by atoms with Crippen molar-refractivity contribution in [2.24, 2.45) is 0 Å². The second-order valence-corrected chi connectivity index (χ2v) is 5.77. The molecule has 0 radical (unpaired) electrons. The third kappa shape index (κ3) is 3.67. The first kappa shape index (κ1) is 14.3. The Balaban J connectivity index is 2.14. The van der Waals surface area contributed by atoms with Crippen LogP contribution in [0.2, 0.25) is 0 Å². The fourth-order valence-electron chi connectivity index (χ4n) is 1.68. The van der Waals surface area contributed by atoms with Crippen LogP contribution in [-0.2, 0) is 5.75 Å². The van der Waals surface area contributed by atoms with Gasteiger partial charge in [0.1, 0.15) is 11.5 Å². The molecule has 19 heavy (non-hydrogen) atoms. The summed E-state index contributed by atoms with van der Waals surface area (Å²) in [6.07, 6.45) is 0. The summed E-state index contributed by atoms with van der Waals surface area (Å²) in [5, 5.41) is 0. The molecule has 0 N–H and O–H groups in total. The molecule has 0 aliphatic heterocycles. The molecule has 100 valence electrons. The van der Waals surface area contributed by atoms with Crippen molar-refractivity contribution >= 4 is 27.7 Å². The molecule has 0 bridgehead atoms. The number of methoxy groups -OCH3 is 2. The predicted molar refractivity (Wildman–Crippen MR) is 83.2 cm³/mol. The van der Waals surface area contributed by atoms with Gasteiger partial charge >= 0.3 is 0 Å². The smallest absolute Gasteiger partial charge is 0.132 e. The first-order valence-corrected chi connectivity index (χ1v) is 7.60. The van der Waals surface area contributed by atoms with E-state index >= 15 is 0 Å². The minimum Gasteiger partial charge on any atom is -0.497 e. The number of halogens is 1. The topological polar surface area (TPSA) is 18.5 Å². The van der Waals surface area contributed by atoms with Gasteiger partial charge in [0, 0.05) is 15.1 Å². The van der Waals surface area contributed by atoms with Gasteiger partial charge in [-0.25, -0.2) is 0 Å². The molecule has 0 spiro atoms. The van der Waals surface area contributed by atoms with Crippen LogP contribution in [0.25, 0.3) is 0 Å². The van der Waals surface area contributed by atoms with Crippen LogP contribution < -0.4 is 9.47 Å². The third-order valence-corrected chi connectivity index (χ3v) is 4.58. The largest absolute Gasteiger partial charge is 0.497 e. The van der Waals surface area contributed by atoms with Gasteiger partial charge in [-0.2, -0.15) is 0 Å². The molecule has 0 heterocycles. The fourth-order valence-corrected chi connectivity index (χ4v) is 3.27. The summed E-state index contributed by atoms with van der Waals surface area (Å²) >= 11 is 5.32. The number of hydrogen-bond acceptors (Lipinski definition) is 3. The summed E-state index contributed by atoms with van der Waals surface area (Å²) in [5.74, 6) is 2.64. The quantitative estimate of drug-likeness (QED) is 0.732. The summed E-state index contributed by atoms with van der Waals surface area (Å²) in [7, 11) is 3.38. The van der Waals surface area contributed by atoms with Crippen molar-refractivity contribution < 1.29 is 9.47 Å². The average Bonchev–Trinajstić information content (AvgIpc) is 2.46. The van der Waals surface area contributed by atoms with Crippen molar-refractivity contribution in [2.75, 3.05) is 14.2 Å². The van der Waals surface area contributed by atoms with Gasteiger partial charge in [0.15, 0.2) is 0 Å². The maximum absolute atomic E-state index is 5.35. The molecule has 0 amide bonds. The first-order chi connectivity index (χ1) is 9.24. The Kier molecular flexibility index (Phi) is 5.16. The molecule has 0 fully saturated rings. The van der Waals surface area contributed by atoms with E-state index in [0.717, 1.165) is 26.6 Å². The van der Waals surface area contributed by atoms with E-state index in [1.54, 1.807) is 26.0 Å². The van der Waals surface area contributed by atoms with E-state index in [0.29, 0.717) is 0 Å². The molecule has 2 nitrogen and oxygen atoms in total. The Hall–Kier alpha value is -1.13. The zero-order valence-corrected chi connectivity index (χ0v) is 13.3. The van der Waals surface area contributed by atoms with E-state index in [9.17, 15) is 0 Å². The van der Waals surface area contributed by atoms with Crippen LogP contribution in [0, 0.1) is 0 Å². The number of hydrogen-bond donors (Lipinski definition) is 0. The molecule has 2 rings (SSSR count). The molecule has 4 heteroatoms. The van der Waals surface area contributed by atoms with E-state index < -0.39 is 0 Å². The number of thioether (sulfide) groups is 1. The molecular formula is C15H15BrO2S. The highest BCUT2D eigenvalue weighted by molar-refractivity contribution is 9.10. The molecule has 0 atom stereocenters. The molecule has 2 aromatic carbocycles. The van der Waals surface area contributed by atoms with Crippen LogP contribution in [0.4, 0.5) is 0 Å². The van der Waals surface area contributed by atoms with E-state index in [4.69, 9.17) is 9.47 Å². The van der Waals surface area contributed by atoms with Crippen molar-refractivity contribution in [3.05, 3.63) is 52.5 Å². The molecule has 0 aliphatic carbocycles. The highest BCUT2D eigenvalue weighted by Crippen LogP contribution is 2.34. The van der Waals surface area contributed by atoms with Crippen LogP contribution >= 0.6 is 27.7 Å². The Labute approximate surface area is 126 Å². The number of para-hydroxylation sites is 1. The fraction of sp³-hybridized carbons (Fsp3) is 0.200. The second kappa shape index (κ2) is 6.87. The van der Waals surface area contributed by atoms with Gasteiger partial charge < -0.3 is 9.47 Å². The minimum absolute atomic E-state index is 0.859. The Morgan fingerprint density at radius 3 is 2.58 bits per heavy atom. The van der Waals surface area contributed by atoms with Gasteiger partial charge in [-0.1, -0.05) is 28.1 Å². The number of benzene rings is 2. The van der Waals surface area contributed by atoms with Crippen molar-refractivity contribution in [2.45, 2.75) is 10.6 Å². The third-order valence-electron chi connectivity index (χ3n) is 2.71. The van der Waals surface area contributed by atoms with E-state index in [-0.39, 0.29) is 0 Å². The number of rotatable bonds is 5. The molecule has 0 saturated carbocycles. The normalized spacial score (nSPS) is 10.3. The molecular weight excluding hydrogens is 324 g/mol. The van der Waals surface area contributed by atoms with Crippen LogP contribution in [0.15, 0.2) is 51.8 Å². The lowest BCUT2D eigenvalue weighted by atomic mass is 10.2. The monoisotopic (exact) mass is 338 g/mol. The van der Waals surface area contributed by atoms with E-state index in [1.807, 2.05) is 36.4 Å². The summed E-state index contributed by atoms with van der Waals surface area (Å²) in [5.41, 5.74) is 1.20. The summed E-state index contributed by atoms with van der Waals surface area (Å²) in [6, 6.07) is 14.0. The summed E-state index contributed by atoms with van der Waals surface area (Å²) in [4.78, 5) is 1.14. The maximum Gasteiger partial charge on any atom is 0.132 e. The van der Waals surface area contributed by atoms with Crippen LogP contribution in [0.1, 0.15) is 5.56 Å². The van der Waals surface area contributed by atoms with Gasteiger partial charge in [0.05, 0.1) is 14.2 Å². The lowest BCUT2D eigenvalue weighted by molar-refractivity contribution is 0.405. The second-order valence-electron chi connectivity index (χ2n) is 3.90. The maximum atomic E-state index is 5.35. The van der Waals surface area contributed by atoms with Gasteiger partial charge in [0.25, 0.3) is 0 Å². The lowest BCUT2D eigenvalue weighted by Crippen LogP contribution is -1.89. The van der Waals surface area contributed by atoms with Crippen molar-refractivity contribution in [3.63, 3.8) is 0 Å². The zero-order valence-electron chi connectivity index (χ0n) is 10.9. The molecule has 0 unspecified atom stereocenters. The van der Waals surface area contributed by atoms with Crippen LogP contribution in [-0.4, -0.2) is 14.2 Å². The first-order valence-electron chi connectivity index (χ1n) is 5.83. The lowest BCUT2D eigenvalue weighted by Gasteiger charge is -2.09. The summed E-state index contributed by atoms with van der Waals surface area (Å²) in [6.45, 7) is 0. The summed E-state index contributed by atoms with van der Waals surface area (Å²) < 4.78 is 11.7. The zero-order chi connectivity index (χ0) is 13.7. The van der Waals surface area contributed by atoms with Crippen molar-refractivity contribution in [1.82, 2.24) is 0 Å². The Morgan fingerprint density at radius 1 is 1.05 bits per heavy atom. The van der Waals surface area contributed by atoms with Crippen LogP contribution in [0.5, 0.6) is 11.5 Å². The van der Waals surface area contributed by atoms with Crippen molar-refractivity contribution in [3.8, 4) is 11.5 Å². The van der Waals surface area contributed by atoms with Gasteiger partial charge in [-0.15, -0.1) is 11.8 Å². The SMILES string of the molecule is COc1ccc(Br)c(CSc2ccccc2OC)c1. The molecule has 0 saturated heterocycles. The van der Waals surface area contributed by atoms with Crippen LogP contribution in [0.3, 0.4) is 0 Å². The van der Waals surface area contributed by atoms with Crippen molar-refractivity contribution in [1.29, 1.82) is 0 Å². The Bertz CT molecular complexity index is 558.